The molecule has 0 aliphatic carbocycles. The number of aryl methyl sites for hydroxylation is 1. The standard InChI is InChI=1S/C11H16BrN3/c1-3-9-5-15(6-10(9)12)11-4-8(2)13-7-14-11/h4,7,9-10H,3,5-6H2,1-2H3. The number of halogens is 1. The molecule has 2 heterocycles. The molecule has 0 N–H and O–H groups in total. The normalized spacial score (nSPS) is 25.9. The van der Waals surface area contributed by atoms with Crippen LogP contribution in [-0.4, -0.2) is 27.9 Å². The number of hydrogen-bond acceptors (Lipinski definition) is 3. The van der Waals surface area contributed by atoms with E-state index in [9.17, 15) is 0 Å². The second kappa shape index (κ2) is 4.47. The van der Waals surface area contributed by atoms with Crippen LogP contribution in [0.1, 0.15) is 19.0 Å². The van der Waals surface area contributed by atoms with E-state index in [0.29, 0.717) is 4.83 Å². The predicted molar refractivity (Wildman–Crippen MR) is 65.5 cm³/mol. The fourth-order valence-corrected chi connectivity index (χ4v) is 2.91. The molecule has 1 aromatic heterocycles. The third kappa shape index (κ3) is 2.30. The van der Waals surface area contributed by atoms with E-state index in [-0.39, 0.29) is 0 Å². The van der Waals surface area contributed by atoms with Gasteiger partial charge in [0.1, 0.15) is 12.1 Å². The van der Waals surface area contributed by atoms with E-state index < -0.39 is 0 Å². The fourth-order valence-electron chi connectivity index (χ4n) is 2.02. The Morgan fingerprint density at radius 3 is 2.87 bits per heavy atom. The summed E-state index contributed by atoms with van der Waals surface area (Å²) in [5.74, 6) is 1.79. The van der Waals surface area contributed by atoms with Crippen molar-refractivity contribution in [2.45, 2.75) is 25.1 Å². The highest BCUT2D eigenvalue weighted by Gasteiger charge is 2.30. The quantitative estimate of drug-likeness (QED) is 0.773. The Morgan fingerprint density at radius 1 is 1.47 bits per heavy atom. The molecule has 0 aromatic carbocycles. The summed E-state index contributed by atoms with van der Waals surface area (Å²) < 4.78 is 0. The summed E-state index contributed by atoms with van der Waals surface area (Å²) in [6, 6.07) is 2.05. The summed E-state index contributed by atoms with van der Waals surface area (Å²) in [7, 11) is 0. The van der Waals surface area contributed by atoms with Crippen molar-refractivity contribution in [3.05, 3.63) is 18.1 Å². The van der Waals surface area contributed by atoms with Crippen molar-refractivity contribution in [3.8, 4) is 0 Å². The molecule has 0 bridgehead atoms. The van der Waals surface area contributed by atoms with E-state index in [4.69, 9.17) is 0 Å². The van der Waals surface area contributed by atoms with Crippen LogP contribution in [0.2, 0.25) is 0 Å². The van der Waals surface area contributed by atoms with Crippen LogP contribution in [-0.2, 0) is 0 Å². The Hall–Kier alpha value is -0.640. The van der Waals surface area contributed by atoms with Crippen molar-refractivity contribution in [2.24, 2.45) is 5.92 Å². The van der Waals surface area contributed by atoms with Gasteiger partial charge in [-0.15, -0.1) is 0 Å². The van der Waals surface area contributed by atoms with Crippen LogP contribution in [0.25, 0.3) is 0 Å². The fraction of sp³-hybridized carbons (Fsp3) is 0.636. The molecule has 2 atom stereocenters. The molecule has 82 valence electrons. The van der Waals surface area contributed by atoms with E-state index in [1.165, 1.54) is 6.42 Å². The molecule has 1 fully saturated rings. The molecule has 3 nitrogen and oxygen atoms in total. The van der Waals surface area contributed by atoms with E-state index in [2.05, 4.69) is 43.8 Å². The zero-order chi connectivity index (χ0) is 10.8. The Morgan fingerprint density at radius 2 is 2.27 bits per heavy atom. The van der Waals surface area contributed by atoms with Gasteiger partial charge in [-0.25, -0.2) is 9.97 Å². The van der Waals surface area contributed by atoms with Crippen LogP contribution < -0.4 is 4.90 Å². The summed E-state index contributed by atoms with van der Waals surface area (Å²) >= 11 is 3.74. The summed E-state index contributed by atoms with van der Waals surface area (Å²) in [6.07, 6.45) is 2.86. The Bertz CT molecular complexity index is 342. The van der Waals surface area contributed by atoms with Gasteiger partial charge in [0.2, 0.25) is 0 Å². The van der Waals surface area contributed by atoms with Crippen molar-refractivity contribution in [1.29, 1.82) is 0 Å². The lowest BCUT2D eigenvalue weighted by molar-refractivity contribution is 0.585. The van der Waals surface area contributed by atoms with Gasteiger partial charge in [0.05, 0.1) is 0 Å². The van der Waals surface area contributed by atoms with Crippen molar-refractivity contribution in [2.75, 3.05) is 18.0 Å². The first-order chi connectivity index (χ1) is 7.20. The topological polar surface area (TPSA) is 29.0 Å². The molecule has 0 amide bonds. The molecule has 1 aliphatic rings. The van der Waals surface area contributed by atoms with Crippen LogP contribution in [0, 0.1) is 12.8 Å². The molecule has 4 heteroatoms. The number of alkyl halides is 1. The van der Waals surface area contributed by atoms with Gasteiger partial charge in [-0.1, -0.05) is 29.3 Å². The smallest absolute Gasteiger partial charge is 0.132 e. The van der Waals surface area contributed by atoms with Crippen molar-refractivity contribution in [1.82, 2.24) is 9.97 Å². The van der Waals surface area contributed by atoms with Gasteiger partial charge in [-0.3, -0.25) is 0 Å². The molecule has 15 heavy (non-hydrogen) atoms. The number of hydrogen-bond donors (Lipinski definition) is 0. The molecule has 1 saturated heterocycles. The average Bonchev–Trinajstić information content (AvgIpc) is 2.60. The van der Waals surface area contributed by atoms with E-state index in [0.717, 1.165) is 30.5 Å². The molecular weight excluding hydrogens is 254 g/mol. The number of anilines is 1. The van der Waals surface area contributed by atoms with Crippen LogP contribution in [0.4, 0.5) is 5.82 Å². The highest BCUT2D eigenvalue weighted by atomic mass is 79.9. The minimum absolute atomic E-state index is 0.595. The Kier molecular flexibility index (Phi) is 3.24. The molecule has 1 aliphatic heterocycles. The second-order valence-electron chi connectivity index (χ2n) is 4.11. The second-order valence-corrected chi connectivity index (χ2v) is 5.28. The molecule has 0 saturated carbocycles. The van der Waals surface area contributed by atoms with E-state index in [1.807, 2.05) is 6.92 Å². The Labute approximate surface area is 99.0 Å². The van der Waals surface area contributed by atoms with Gasteiger partial charge in [-0.2, -0.15) is 0 Å². The number of aromatic nitrogens is 2. The zero-order valence-corrected chi connectivity index (χ0v) is 10.7. The maximum atomic E-state index is 4.32. The first-order valence-corrected chi connectivity index (χ1v) is 6.30. The van der Waals surface area contributed by atoms with Crippen molar-refractivity contribution in [3.63, 3.8) is 0 Å². The summed E-state index contributed by atoms with van der Waals surface area (Å²) in [4.78, 5) is 11.4. The summed E-state index contributed by atoms with van der Waals surface area (Å²) in [6.45, 7) is 6.40. The minimum Gasteiger partial charge on any atom is -0.355 e. The van der Waals surface area contributed by atoms with Gasteiger partial charge in [0.15, 0.2) is 0 Å². The van der Waals surface area contributed by atoms with Crippen LogP contribution in [0.15, 0.2) is 12.4 Å². The average molecular weight is 270 g/mol. The van der Waals surface area contributed by atoms with Gasteiger partial charge in [0, 0.05) is 29.7 Å². The number of rotatable bonds is 2. The largest absolute Gasteiger partial charge is 0.355 e. The lowest BCUT2D eigenvalue weighted by Gasteiger charge is -2.16. The maximum absolute atomic E-state index is 4.32. The molecule has 1 aromatic rings. The SMILES string of the molecule is CCC1CN(c2cc(C)ncn2)CC1Br. The molecule has 0 radical (unpaired) electrons. The van der Waals surface area contributed by atoms with Crippen LogP contribution in [0.5, 0.6) is 0 Å². The zero-order valence-electron chi connectivity index (χ0n) is 9.15. The highest BCUT2D eigenvalue weighted by molar-refractivity contribution is 9.09. The van der Waals surface area contributed by atoms with Gasteiger partial charge in [0.25, 0.3) is 0 Å². The summed E-state index contributed by atoms with van der Waals surface area (Å²) in [5.41, 5.74) is 1.03. The first kappa shape index (κ1) is 10.9. The lowest BCUT2D eigenvalue weighted by atomic mass is 10.1. The van der Waals surface area contributed by atoms with Crippen molar-refractivity contribution < 1.29 is 0 Å². The molecular formula is C11H16BrN3. The monoisotopic (exact) mass is 269 g/mol. The van der Waals surface area contributed by atoms with E-state index >= 15 is 0 Å². The van der Waals surface area contributed by atoms with Crippen LogP contribution >= 0.6 is 15.9 Å². The van der Waals surface area contributed by atoms with Crippen LogP contribution in [0.3, 0.4) is 0 Å². The molecule has 2 rings (SSSR count). The van der Waals surface area contributed by atoms with Gasteiger partial charge in [-0.05, 0) is 12.8 Å². The third-order valence-corrected chi connectivity index (χ3v) is 4.04. The molecule has 2 unspecified atom stereocenters. The predicted octanol–water partition coefficient (Wildman–Crippen LogP) is 2.39. The lowest BCUT2D eigenvalue weighted by Crippen LogP contribution is -2.21. The highest BCUT2D eigenvalue weighted by Crippen LogP contribution is 2.29. The first-order valence-electron chi connectivity index (χ1n) is 5.38. The van der Waals surface area contributed by atoms with Gasteiger partial charge >= 0.3 is 0 Å². The summed E-state index contributed by atoms with van der Waals surface area (Å²) in [5, 5.41) is 0. The number of nitrogens with zero attached hydrogens (tertiary/aromatic N) is 3. The third-order valence-electron chi connectivity index (χ3n) is 3.00. The van der Waals surface area contributed by atoms with Gasteiger partial charge < -0.3 is 4.90 Å². The Balaban J connectivity index is 2.13. The minimum atomic E-state index is 0.595. The molecule has 0 spiro atoms. The van der Waals surface area contributed by atoms with E-state index in [1.54, 1.807) is 6.33 Å². The maximum Gasteiger partial charge on any atom is 0.132 e. The van der Waals surface area contributed by atoms with Crippen molar-refractivity contribution >= 4 is 21.7 Å².